The fourth-order valence-corrected chi connectivity index (χ4v) is 2.94. The predicted molar refractivity (Wildman–Crippen MR) is 90.7 cm³/mol. The second-order valence-electron chi connectivity index (χ2n) is 5.53. The van der Waals surface area contributed by atoms with E-state index in [0.29, 0.717) is 42.5 Å². The lowest BCUT2D eigenvalue weighted by Gasteiger charge is -2.36. The van der Waals surface area contributed by atoms with E-state index in [-0.39, 0.29) is 11.5 Å². The third-order valence-corrected chi connectivity index (χ3v) is 4.35. The van der Waals surface area contributed by atoms with Crippen LogP contribution >= 0.6 is 11.6 Å². The Balaban J connectivity index is 1.70. The van der Waals surface area contributed by atoms with Gasteiger partial charge in [0.05, 0.1) is 5.69 Å². The van der Waals surface area contributed by atoms with Crippen molar-refractivity contribution in [3.63, 3.8) is 0 Å². The second kappa shape index (κ2) is 6.90. The highest BCUT2D eigenvalue weighted by molar-refractivity contribution is 6.30. The van der Waals surface area contributed by atoms with Crippen molar-refractivity contribution in [1.29, 1.82) is 5.26 Å². The number of hydrogen-bond acceptors (Lipinski definition) is 3. The van der Waals surface area contributed by atoms with Crippen molar-refractivity contribution >= 4 is 23.2 Å². The number of piperazine rings is 1. The fourth-order valence-electron chi connectivity index (χ4n) is 2.81. The van der Waals surface area contributed by atoms with Gasteiger partial charge in [-0.3, -0.25) is 4.79 Å². The molecule has 0 saturated carbocycles. The van der Waals surface area contributed by atoms with Crippen LogP contribution in [0.1, 0.15) is 15.9 Å². The summed E-state index contributed by atoms with van der Waals surface area (Å²) in [6.45, 7) is 2.14. The van der Waals surface area contributed by atoms with Crippen molar-refractivity contribution in [2.45, 2.75) is 0 Å². The zero-order valence-corrected chi connectivity index (χ0v) is 13.6. The lowest BCUT2D eigenvalue weighted by atomic mass is 10.1. The van der Waals surface area contributed by atoms with Crippen molar-refractivity contribution in [2.24, 2.45) is 0 Å². The zero-order valence-electron chi connectivity index (χ0n) is 12.9. The van der Waals surface area contributed by atoms with E-state index < -0.39 is 5.82 Å². The van der Waals surface area contributed by atoms with Crippen molar-refractivity contribution in [3.8, 4) is 6.07 Å². The van der Waals surface area contributed by atoms with E-state index in [4.69, 9.17) is 16.9 Å². The molecule has 1 aliphatic rings. The highest BCUT2D eigenvalue weighted by atomic mass is 35.5. The van der Waals surface area contributed by atoms with E-state index in [0.717, 1.165) is 0 Å². The monoisotopic (exact) mass is 343 g/mol. The first-order chi connectivity index (χ1) is 11.6. The molecule has 0 radical (unpaired) electrons. The van der Waals surface area contributed by atoms with Gasteiger partial charge in [-0.15, -0.1) is 0 Å². The Kier molecular flexibility index (Phi) is 4.68. The average molecular weight is 344 g/mol. The summed E-state index contributed by atoms with van der Waals surface area (Å²) in [5.41, 5.74) is 1.22. The number of amides is 1. The smallest absolute Gasteiger partial charge is 0.253 e. The van der Waals surface area contributed by atoms with Crippen LogP contribution in [0.25, 0.3) is 0 Å². The van der Waals surface area contributed by atoms with Gasteiger partial charge in [-0.2, -0.15) is 5.26 Å². The first kappa shape index (κ1) is 16.3. The minimum absolute atomic E-state index is 0.0499. The van der Waals surface area contributed by atoms with Crippen molar-refractivity contribution in [1.82, 2.24) is 4.90 Å². The molecule has 0 unspecified atom stereocenters. The molecule has 0 atom stereocenters. The van der Waals surface area contributed by atoms with Crippen LogP contribution in [0.3, 0.4) is 0 Å². The molecule has 6 heteroatoms. The van der Waals surface area contributed by atoms with Crippen LogP contribution in [0, 0.1) is 17.1 Å². The normalized spacial score (nSPS) is 14.4. The molecule has 1 heterocycles. The summed E-state index contributed by atoms with van der Waals surface area (Å²) in [7, 11) is 0. The molecule has 1 aliphatic heterocycles. The molecule has 0 aliphatic carbocycles. The van der Waals surface area contributed by atoms with Gasteiger partial charge in [0, 0.05) is 36.8 Å². The molecule has 122 valence electrons. The van der Waals surface area contributed by atoms with Crippen LogP contribution in [0.4, 0.5) is 10.1 Å². The van der Waals surface area contributed by atoms with Crippen LogP contribution in [-0.2, 0) is 0 Å². The minimum atomic E-state index is -0.519. The number of anilines is 1. The first-order valence-electron chi connectivity index (χ1n) is 7.58. The quantitative estimate of drug-likeness (QED) is 0.840. The Labute approximate surface area is 144 Å². The number of halogens is 2. The minimum Gasteiger partial charge on any atom is -0.367 e. The third-order valence-electron chi connectivity index (χ3n) is 4.10. The number of benzene rings is 2. The number of nitriles is 1. The summed E-state index contributed by atoms with van der Waals surface area (Å²) < 4.78 is 13.7. The molecule has 4 nitrogen and oxygen atoms in total. The molecule has 2 aromatic carbocycles. The van der Waals surface area contributed by atoms with Gasteiger partial charge in [-0.05, 0) is 36.4 Å². The van der Waals surface area contributed by atoms with Gasteiger partial charge in [-0.25, -0.2) is 4.39 Å². The molecule has 0 aromatic heterocycles. The molecule has 1 saturated heterocycles. The van der Waals surface area contributed by atoms with E-state index in [1.165, 1.54) is 6.07 Å². The van der Waals surface area contributed by atoms with E-state index in [9.17, 15) is 9.18 Å². The van der Waals surface area contributed by atoms with E-state index >= 15 is 0 Å². The van der Waals surface area contributed by atoms with Gasteiger partial charge in [0.2, 0.25) is 0 Å². The molecule has 2 aromatic rings. The molecule has 0 N–H and O–H groups in total. The average Bonchev–Trinajstić information content (AvgIpc) is 2.62. The Bertz CT molecular complexity index is 793. The van der Waals surface area contributed by atoms with Gasteiger partial charge in [0.15, 0.2) is 0 Å². The largest absolute Gasteiger partial charge is 0.367 e. The van der Waals surface area contributed by atoms with Gasteiger partial charge in [0.25, 0.3) is 5.91 Å². The highest BCUT2D eigenvalue weighted by Crippen LogP contribution is 2.24. The van der Waals surface area contributed by atoms with Gasteiger partial charge < -0.3 is 9.80 Å². The fraction of sp³-hybridized carbons (Fsp3) is 0.222. The molecule has 1 fully saturated rings. The van der Waals surface area contributed by atoms with Crippen LogP contribution in [0.15, 0.2) is 42.5 Å². The van der Waals surface area contributed by atoms with E-state index in [2.05, 4.69) is 0 Å². The first-order valence-corrected chi connectivity index (χ1v) is 7.96. The molecule has 1 amide bonds. The van der Waals surface area contributed by atoms with Crippen molar-refractivity contribution in [2.75, 3.05) is 31.1 Å². The summed E-state index contributed by atoms with van der Waals surface area (Å²) in [6, 6.07) is 13.3. The van der Waals surface area contributed by atoms with Crippen LogP contribution in [0.2, 0.25) is 5.02 Å². The lowest BCUT2D eigenvalue weighted by Crippen LogP contribution is -2.49. The number of rotatable bonds is 2. The molecule has 0 bridgehead atoms. The summed E-state index contributed by atoms with van der Waals surface area (Å²) in [5, 5.41) is 9.74. The maximum atomic E-state index is 13.7. The van der Waals surface area contributed by atoms with Gasteiger partial charge in [-0.1, -0.05) is 17.7 Å². The van der Waals surface area contributed by atoms with Crippen LogP contribution in [-0.4, -0.2) is 37.0 Å². The second-order valence-corrected chi connectivity index (χ2v) is 5.97. The topological polar surface area (TPSA) is 47.3 Å². The predicted octanol–water partition coefficient (Wildman–Crippen LogP) is 3.31. The Morgan fingerprint density at radius 3 is 2.38 bits per heavy atom. The lowest BCUT2D eigenvalue weighted by molar-refractivity contribution is 0.0747. The van der Waals surface area contributed by atoms with Crippen LogP contribution in [0.5, 0.6) is 0 Å². The number of nitrogens with zero attached hydrogens (tertiary/aromatic N) is 3. The van der Waals surface area contributed by atoms with Gasteiger partial charge in [0.1, 0.15) is 17.4 Å². The Morgan fingerprint density at radius 2 is 1.75 bits per heavy atom. The summed E-state index contributed by atoms with van der Waals surface area (Å²) in [6.07, 6.45) is 0. The number of carbonyl (C=O) groups is 1. The Hall–Kier alpha value is -2.58. The van der Waals surface area contributed by atoms with E-state index in [1.807, 2.05) is 11.0 Å². The summed E-state index contributed by atoms with van der Waals surface area (Å²) >= 11 is 5.84. The zero-order chi connectivity index (χ0) is 17.1. The highest BCUT2D eigenvalue weighted by Gasteiger charge is 2.24. The SMILES string of the molecule is N#Cc1c(F)cccc1N1CCN(C(=O)c2ccc(Cl)cc2)CC1. The molecular weight excluding hydrogens is 329 g/mol. The Morgan fingerprint density at radius 1 is 1.08 bits per heavy atom. The van der Waals surface area contributed by atoms with E-state index in [1.54, 1.807) is 41.3 Å². The van der Waals surface area contributed by atoms with Crippen LogP contribution < -0.4 is 4.90 Å². The van der Waals surface area contributed by atoms with Gasteiger partial charge >= 0.3 is 0 Å². The van der Waals surface area contributed by atoms with Crippen molar-refractivity contribution in [3.05, 3.63) is 64.4 Å². The van der Waals surface area contributed by atoms with Crippen molar-refractivity contribution < 1.29 is 9.18 Å². The maximum Gasteiger partial charge on any atom is 0.253 e. The third kappa shape index (κ3) is 3.19. The molecule has 3 rings (SSSR count). The molecule has 0 spiro atoms. The summed E-state index contributed by atoms with van der Waals surface area (Å²) in [5.74, 6) is -0.569. The molecule has 24 heavy (non-hydrogen) atoms. The number of hydrogen-bond donors (Lipinski definition) is 0. The summed E-state index contributed by atoms with van der Waals surface area (Å²) in [4.78, 5) is 16.2. The maximum absolute atomic E-state index is 13.7. The molecular formula is C18H15ClFN3O. The number of carbonyl (C=O) groups excluding carboxylic acids is 1. The standard InChI is InChI=1S/C18H15ClFN3O/c19-14-6-4-13(5-7-14)18(24)23-10-8-22(9-11-23)17-3-1-2-16(20)15(17)12-21/h1-7H,8-11H2.